The van der Waals surface area contributed by atoms with Gasteiger partial charge in [0, 0.05) is 0 Å². The highest BCUT2D eigenvalue weighted by atomic mass is 14.0. The topological polar surface area (TPSA) is 0 Å². The molecule has 0 aromatic heterocycles. The Morgan fingerprint density at radius 1 is 1.33 bits per heavy atom. The van der Waals surface area contributed by atoms with Crippen molar-refractivity contribution in [2.45, 2.75) is 19.8 Å². The Balaban J connectivity index is 2.83. The van der Waals surface area contributed by atoms with Gasteiger partial charge in [0.1, 0.15) is 0 Å². The number of allylic oxidation sites excluding steroid dienone is 1. The van der Waals surface area contributed by atoms with E-state index >= 15 is 0 Å². The second kappa shape index (κ2) is 4.76. The summed E-state index contributed by atoms with van der Waals surface area (Å²) < 4.78 is 0. The minimum atomic E-state index is 0.965. The van der Waals surface area contributed by atoms with Gasteiger partial charge < -0.3 is 0 Å². The van der Waals surface area contributed by atoms with E-state index in [1.54, 1.807) is 0 Å². The van der Waals surface area contributed by atoms with Crippen molar-refractivity contribution in [2.75, 3.05) is 0 Å². The van der Waals surface area contributed by atoms with E-state index in [0.29, 0.717) is 0 Å². The summed E-state index contributed by atoms with van der Waals surface area (Å²) in [6.07, 6.45) is 6.25. The van der Waals surface area contributed by atoms with Crippen LogP contribution in [0, 0.1) is 6.42 Å². The molecule has 1 aromatic rings. The molecule has 0 N–H and O–H groups in total. The fourth-order valence-electron chi connectivity index (χ4n) is 1.29. The summed E-state index contributed by atoms with van der Waals surface area (Å²) in [6, 6.07) is 8.46. The van der Waals surface area contributed by atoms with Gasteiger partial charge in [-0.05, 0) is 30.4 Å². The zero-order chi connectivity index (χ0) is 8.81. The van der Waals surface area contributed by atoms with E-state index in [1.807, 2.05) is 6.08 Å². The van der Waals surface area contributed by atoms with Crippen molar-refractivity contribution in [1.82, 2.24) is 0 Å². The lowest BCUT2D eigenvalue weighted by atomic mass is 10.0. The molecule has 0 saturated heterocycles. The Hall–Kier alpha value is -1.04. The minimum absolute atomic E-state index is 0.965. The maximum atomic E-state index is 3.74. The molecule has 12 heavy (non-hydrogen) atoms. The SMILES string of the molecule is C=CCc1ccccc1[CH]CC. The highest BCUT2D eigenvalue weighted by Gasteiger charge is 1.97. The van der Waals surface area contributed by atoms with Crippen LogP contribution in [-0.4, -0.2) is 0 Å². The van der Waals surface area contributed by atoms with Crippen molar-refractivity contribution in [3.8, 4) is 0 Å². The molecular formula is C12H15. The lowest BCUT2D eigenvalue weighted by molar-refractivity contribution is 1.09. The molecular weight excluding hydrogens is 144 g/mol. The summed E-state index contributed by atoms with van der Waals surface area (Å²) in [5, 5.41) is 0. The van der Waals surface area contributed by atoms with E-state index in [0.717, 1.165) is 12.8 Å². The highest BCUT2D eigenvalue weighted by Crippen LogP contribution is 2.13. The second-order valence-electron chi connectivity index (χ2n) is 2.80. The lowest BCUT2D eigenvalue weighted by Crippen LogP contribution is -1.89. The fourth-order valence-corrected chi connectivity index (χ4v) is 1.29. The molecule has 0 spiro atoms. The first-order valence-corrected chi connectivity index (χ1v) is 4.40. The number of rotatable bonds is 4. The van der Waals surface area contributed by atoms with Gasteiger partial charge in [0.2, 0.25) is 0 Å². The van der Waals surface area contributed by atoms with Gasteiger partial charge in [-0.3, -0.25) is 0 Å². The molecule has 0 bridgehead atoms. The zero-order valence-electron chi connectivity index (χ0n) is 7.59. The van der Waals surface area contributed by atoms with Gasteiger partial charge >= 0.3 is 0 Å². The van der Waals surface area contributed by atoms with Crippen LogP contribution in [0.25, 0.3) is 0 Å². The molecule has 0 atom stereocenters. The largest absolute Gasteiger partial charge is 0.103 e. The Bertz CT molecular complexity index is 248. The van der Waals surface area contributed by atoms with Gasteiger partial charge in [0.05, 0.1) is 0 Å². The van der Waals surface area contributed by atoms with E-state index < -0.39 is 0 Å². The average Bonchev–Trinajstić information content (AvgIpc) is 2.09. The first-order chi connectivity index (χ1) is 5.88. The smallest absolute Gasteiger partial charge is 0.00929 e. The molecule has 0 saturated carbocycles. The highest BCUT2D eigenvalue weighted by molar-refractivity contribution is 5.33. The summed E-state index contributed by atoms with van der Waals surface area (Å²) in [7, 11) is 0. The van der Waals surface area contributed by atoms with Gasteiger partial charge in [0.15, 0.2) is 0 Å². The van der Waals surface area contributed by atoms with E-state index in [4.69, 9.17) is 0 Å². The summed E-state index contributed by atoms with van der Waals surface area (Å²) in [4.78, 5) is 0. The Morgan fingerprint density at radius 2 is 2.08 bits per heavy atom. The monoisotopic (exact) mass is 159 g/mol. The molecule has 0 aliphatic carbocycles. The normalized spacial score (nSPS) is 9.75. The predicted molar refractivity (Wildman–Crippen MR) is 54.0 cm³/mol. The van der Waals surface area contributed by atoms with Gasteiger partial charge in [-0.15, -0.1) is 6.58 Å². The molecule has 0 unspecified atom stereocenters. The maximum absolute atomic E-state index is 3.74. The number of hydrogen-bond donors (Lipinski definition) is 0. The standard InChI is InChI=1S/C12H15/c1-3-7-11-9-5-6-10-12(11)8-4-2/h3,5-6,8-10H,1,4,7H2,2H3. The third-order valence-electron chi connectivity index (χ3n) is 1.84. The lowest BCUT2D eigenvalue weighted by Gasteiger charge is -2.04. The van der Waals surface area contributed by atoms with Crippen LogP contribution in [0.3, 0.4) is 0 Å². The van der Waals surface area contributed by atoms with Crippen molar-refractivity contribution in [1.29, 1.82) is 0 Å². The van der Waals surface area contributed by atoms with E-state index in [9.17, 15) is 0 Å². The van der Waals surface area contributed by atoms with Crippen LogP contribution in [0.4, 0.5) is 0 Å². The van der Waals surface area contributed by atoms with Crippen molar-refractivity contribution < 1.29 is 0 Å². The molecule has 0 aliphatic heterocycles. The van der Waals surface area contributed by atoms with Crippen LogP contribution in [-0.2, 0) is 6.42 Å². The number of hydrogen-bond acceptors (Lipinski definition) is 0. The van der Waals surface area contributed by atoms with Gasteiger partial charge in [0.25, 0.3) is 0 Å². The third-order valence-corrected chi connectivity index (χ3v) is 1.84. The molecule has 63 valence electrons. The summed E-state index contributed by atoms with van der Waals surface area (Å²) in [5.41, 5.74) is 2.72. The molecule has 1 radical (unpaired) electrons. The first-order valence-electron chi connectivity index (χ1n) is 4.40. The predicted octanol–water partition coefficient (Wildman–Crippen LogP) is 3.38. The zero-order valence-corrected chi connectivity index (χ0v) is 7.59. The summed E-state index contributed by atoms with van der Waals surface area (Å²) >= 11 is 0. The molecule has 0 heteroatoms. The van der Waals surface area contributed by atoms with Gasteiger partial charge in [-0.1, -0.05) is 37.3 Å². The first kappa shape index (κ1) is 9.05. The van der Waals surface area contributed by atoms with Crippen LogP contribution in [0.2, 0.25) is 0 Å². The Morgan fingerprint density at radius 3 is 2.75 bits per heavy atom. The second-order valence-corrected chi connectivity index (χ2v) is 2.80. The van der Waals surface area contributed by atoms with E-state index in [2.05, 4.69) is 44.2 Å². The molecule has 1 rings (SSSR count). The van der Waals surface area contributed by atoms with Crippen LogP contribution in [0.15, 0.2) is 36.9 Å². The van der Waals surface area contributed by atoms with Crippen LogP contribution in [0.5, 0.6) is 0 Å². The van der Waals surface area contributed by atoms with Gasteiger partial charge in [-0.2, -0.15) is 0 Å². The quantitative estimate of drug-likeness (QED) is 0.591. The van der Waals surface area contributed by atoms with Crippen molar-refractivity contribution in [2.24, 2.45) is 0 Å². The average molecular weight is 159 g/mol. The van der Waals surface area contributed by atoms with Gasteiger partial charge in [-0.25, -0.2) is 0 Å². The molecule has 0 amide bonds. The number of benzene rings is 1. The van der Waals surface area contributed by atoms with Crippen LogP contribution < -0.4 is 0 Å². The Kier molecular flexibility index (Phi) is 3.59. The molecule has 1 aromatic carbocycles. The molecule has 0 fully saturated rings. The maximum Gasteiger partial charge on any atom is -0.00929 e. The van der Waals surface area contributed by atoms with E-state index in [1.165, 1.54) is 11.1 Å². The summed E-state index contributed by atoms with van der Waals surface area (Å²) in [6.45, 7) is 5.90. The van der Waals surface area contributed by atoms with Crippen LogP contribution >= 0.6 is 0 Å². The molecule has 0 heterocycles. The summed E-state index contributed by atoms with van der Waals surface area (Å²) in [5.74, 6) is 0. The van der Waals surface area contributed by atoms with Crippen LogP contribution in [0.1, 0.15) is 24.5 Å². The molecule has 0 nitrogen and oxygen atoms in total. The van der Waals surface area contributed by atoms with E-state index in [-0.39, 0.29) is 0 Å². The Labute approximate surface area is 74.9 Å². The minimum Gasteiger partial charge on any atom is -0.103 e. The third kappa shape index (κ3) is 2.23. The fraction of sp³-hybridized carbons (Fsp3) is 0.250. The molecule has 0 aliphatic rings. The van der Waals surface area contributed by atoms with Crippen molar-refractivity contribution in [3.05, 3.63) is 54.5 Å². The van der Waals surface area contributed by atoms with Crippen molar-refractivity contribution >= 4 is 0 Å². The van der Waals surface area contributed by atoms with Crippen molar-refractivity contribution in [3.63, 3.8) is 0 Å².